The van der Waals surface area contributed by atoms with Gasteiger partial charge in [0.05, 0.1) is 12.9 Å². The lowest BCUT2D eigenvalue weighted by Gasteiger charge is -2.27. The zero-order valence-electron chi connectivity index (χ0n) is 15.2. The van der Waals surface area contributed by atoms with E-state index in [-0.39, 0.29) is 6.61 Å². The number of aromatic nitrogens is 4. The number of hydrogen-bond donors (Lipinski definition) is 4. The summed E-state index contributed by atoms with van der Waals surface area (Å²) >= 11 is 0. The third kappa shape index (κ3) is 2.56. The molecule has 0 aromatic carbocycles. The molecule has 4 N–H and O–H groups in total. The van der Waals surface area contributed by atoms with Crippen molar-refractivity contribution in [2.24, 2.45) is 11.8 Å². The molecule has 9 nitrogen and oxygen atoms in total. The van der Waals surface area contributed by atoms with Gasteiger partial charge in [0.1, 0.15) is 24.1 Å². The maximum atomic E-state index is 10.7. The molecule has 0 spiro atoms. The minimum Gasteiger partial charge on any atom is -0.394 e. The van der Waals surface area contributed by atoms with Gasteiger partial charge >= 0.3 is 0 Å². The Morgan fingerprint density at radius 2 is 2.15 bits per heavy atom. The first-order chi connectivity index (χ1) is 13.0. The van der Waals surface area contributed by atoms with Gasteiger partial charge in [-0.15, -0.1) is 0 Å². The fraction of sp³-hybridized carbons (Fsp3) is 0.722. The summed E-state index contributed by atoms with van der Waals surface area (Å²) in [6.45, 7) is 1.10. The Kier molecular flexibility index (Phi) is 3.91. The molecule has 1 saturated heterocycles. The largest absolute Gasteiger partial charge is 0.394 e. The highest BCUT2D eigenvalue weighted by molar-refractivity contribution is 5.82. The predicted molar refractivity (Wildman–Crippen MR) is 95.8 cm³/mol. The van der Waals surface area contributed by atoms with Crippen LogP contribution < -0.4 is 5.32 Å². The van der Waals surface area contributed by atoms with E-state index in [1.165, 1.54) is 45.3 Å². The number of rotatable bonds is 4. The lowest BCUT2D eigenvalue weighted by Crippen LogP contribution is -2.44. The Hall–Kier alpha value is -1.81. The zero-order valence-corrected chi connectivity index (χ0v) is 15.2. The maximum absolute atomic E-state index is 10.7. The second kappa shape index (κ2) is 6.10. The molecule has 2 aromatic rings. The van der Waals surface area contributed by atoms with Gasteiger partial charge in [-0.05, 0) is 38.0 Å². The number of aliphatic hydroxyl groups excluding tert-OH is 2. The number of fused-ring (bicyclic) bond motifs is 3. The van der Waals surface area contributed by atoms with Crippen molar-refractivity contribution in [1.29, 1.82) is 0 Å². The molecule has 7 atom stereocenters. The molecule has 3 heterocycles. The summed E-state index contributed by atoms with van der Waals surface area (Å²) in [5, 5.41) is 33.9. The Labute approximate surface area is 156 Å². The van der Waals surface area contributed by atoms with Gasteiger partial charge < -0.3 is 25.4 Å². The lowest BCUT2D eigenvalue weighted by atomic mass is 9.95. The molecule has 2 aliphatic carbocycles. The first kappa shape index (κ1) is 17.3. The number of anilines is 1. The van der Waals surface area contributed by atoms with E-state index in [1.54, 1.807) is 4.57 Å². The maximum Gasteiger partial charge on any atom is 0.168 e. The summed E-state index contributed by atoms with van der Waals surface area (Å²) in [6.07, 6.45) is 5.09. The van der Waals surface area contributed by atoms with Crippen LogP contribution in [0.5, 0.6) is 0 Å². The van der Waals surface area contributed by atoms with Crippen molar-refractivity contribution in [2.45, 2.75) is 62.7 Å². The van der Waals surface area contributed by atoms with Crippen molar-refractivity contribution in [1.82, 2.24) is 19.5 Å². The van der Waals surface area contributed by atoms with Crippen LogP contribution >= 0.6 is 0 Å². The van der Waals surface area contributed by atoms with Crippen LogP contribution in [-0.2, 0) is 4.74 Å². The molecule has 2 aromatic heterocycles. The molecule has 3 fully saturated rings. The molecular formula is C18H25N5O4. The first-order valence-electron chi connectivity index (χ1n) is 9.60. The smallest absolute Gasteiger partial charge is 0.168 e. The van der Waals surface area contributed by atoms with Crippen molar-refractivity contribution in [3.8, 4) is 0 Å². The highest BCUT2D eigenvalue weighted by Crippen LogP contribution is 2.46. The molecule has 0 amide bonds. The Morgan fingerprint density at radius 1 is 1.30 bits per heavy atom. The van der Waals surface area contributed by atoms with E-state index >= 15 is 0 Å². The average Bonchev–Trinajstić information content (AvgIpc) is 3.40. The Morgan fingerprint density at radius 3 is 2.81 bits per heavy atom. The first-order valence-corrected chi connectivity index (χ1v) is 9.60. The third-order valence-electron chi connectivity index (χ3n) is 6.61. The van der Waals surface area contributed by atoms with Gasteiger partial charge in [0.25, 0.3) is 0 Å². The number of hydrogen-bond acceptors (Lipinski definition) is 8. The van der Waals surface area contributed by atoms with Gasteiger partial charge in [-0.25, -0.2) is 15.0 Å². The molecular weight excluding hydrogens is 350 g/mol. The molecule has 5 rings (SSSR count). The summed E-state index contributed by atoms with van der Waals surface area (Å²) < 4.78 is 7.30. The lowest BCUT2D eigenvalue weighted by molar-refractivity contribution is -0.0950. The average molecular weight is 375 g/mol. The van der Waals surface area contributed by atoms with E-state index in [9.17, 15) is 15.3 Å². The molecule has 27 heavy (non-hydrogen) atoms. The van der Waals surface area contributed by atoms with Crippen LogP contribution in [0.4, 0.5) is 5.82 Å². The summed E-state index contributed by atoms with van der Waals surface area (Å²) in [4.78, 5) is 13.2. The van der Waals surface area contributed by atoms with Crippen molar-refractivity contribution < 1.29 is 20.1 Å². The minimum atomic E-state index is -1.58. The predicted octanol–water partition coefficient (Wildman–Crippen LogP) is 0.428. The number of imidazole rings is 1. The van der Waals surface area contributed by atoms with E-state index in [0.29, 0.717) is 28.9 Å². The van der Waals surface area contributed by atoms with Crippen LogP contribution in [0.25, 0.3) is 11.2 Å². The standard InChI is InChI=1S/C18H25N5O4/c1-18(26)14(25)12(6-24)27-17(18)23-8-21-13-15(19-7-20-16(13)23)22-11-5-9-2-3-10(11)4-9/h7-12,14,17,24-26H,2-6H2,1H3,(H,19,20,22)/t9-,10+,11-,12+,14+,17+,18+/m0/s1. The molecule has 0 radical (unpaired) electrons. The van der Waals surface area contributed by atoms with Crippen molar-refractivity contribution >= 4 is 17.0 Å². The van der Waals surface area contributed by atoms with Crippen LogP contribution in [-0.4, -0.2) is 65.3 Å². The van der Waals surface area contributed by atoms with E-state index in [4.69, 9.17) is 4.74 Å². The van der Waals surface area contributed by atoms with E-state index in [1.807, 2.05) is 0 Å². The normalized spacial score (nSPS) is 40.9. The second-order valence-corrected chi connectivity index (χ2v) is 8.35. The molecule has 2 saturated carbocycles. The van der Waals surface area contributed by atoms with Crippen LogP contribution in [0.2, 0.25) is 0 Å². The minimum absolute atomic E-state index is 0.382. The number of ether oxygens (including phenoxy) is 1. The van der Waals surface area contributed by atoms with Crippen LogP contribution in [0.3, 0.4) is 0 Å². The summed E-state index contributed by atoms with van der Waals surface area (Å²) in [5.74, 6) is 2.20. The van der Waals surface area contributed by atoms with Crippen molar-refractivity contribution in [3.63, 3.8) is 0 Å². The molecule has 9 heteroatoms. The number of nitrogens with zero attached hydrogens (tertiary/aromatic N) is 4. The monoisotopic (exact) mass is 375 g/mol. The van der Waals surface area contributed by atoms with Gasteiger partial charge in [0, 0.05) is 6.04 Å². The number of nitrogens with one attached hydrogen (secondary N) is 1. The van der Waals surface area contributed by atoms with Gasteiger partial charge in [-0.2, -0.15) is 0 Å². The van der Waals surface area contributed by atoms with Gasteiger partial charge in [-0.3, -0.25) is 4.57 Å². The molecule has 2 bridgehead atoms. The topological polar surface area (TPSA) is 126 Å². The van der Waals surface area contributed by atoms with Crippen molar-refractivity contribution in [2.75, 3.05) is 11.9 Å². The SMILES string of the molecule is C[C@@]1(O)[C@H](O)[C@@H](CO)O[C@H]1n1cnc2c(N[C@H]3C[C@H]4CC[C@@H]3C4)ncnc21. The summed E-state index contributed by atoms with van der Waals surface area (Å²) in [5.41, 5.74) is -0.446. The van der Waals surface area contributed by atoms with Crippen LogP contribution in [0.15, 0.2) is 12.7 Å². The fourth-order valence-electron chi connectivity index (χ4n) is 5.12. The molecule has 0 unspecified atom stereocenters. The quantitative estimate of drug-likeness (QED) is 0.606. The highest BCUT2D eigenvalue weighted by Gasteiger charge is 2.53. The molecule has 1 aliphatic heterocycles. The van der Waals surface area contributed by atoms with Gasteiger partial charge in [-0.1, -0.05) is 6.42 Å². The highest BCUT2D eigenvalue weighted by atomic mass is 16.6. The van der Waals surface area contributed by atoms with E-state index in [2.05, 4.69) is 20.3 Å². The fourth-order valence-corrected chi connectivity index (χ4v) is 5.12. The summed E-state index contributed by atoms with van der Waals surface area (Å²) in [6, 6.07) is 0.415. The van der Waals surface area contributed by atoms with Gasteiger partial charge in [0.15, 0.2) is 23.2 Å². The Balaban J connectivity index is 1.47. The second-order valence-electron chi connectivity index (χ2n) is 8.35. The van der Waals surface area contributed by atoms with Crippen molar-refractivity contribution in [3.05, 3.63) is 12.7 Å². The summed E-state index contributed by atoms with van der Waals surface area (Å²) in [7, 11) is 0. The van der Waals surface area contributed by atoms with E-state index in [0.717, 1.165) is 5.92 Å². The van der Waals surface area contributed by atoms with E-state index < -0.39 is 24.0 Å². The molecule has 146 valence electrons. The zero-order chi connectivity index (χ0) is 18.8. The Bertz CT molecular complexity index is 855. The van der Waals surface area contributed by atoms with Crippen LogP contribution in [0.1, 0.15) is 38.8 Å². The third-order valence-corrected chi connectivity index (χ3v) is 6.61. The van der Waals surface area contributed by atoms with Gasteiger partial charge in [0.2, 0.25) is 0 Å². The van der Waals surface area contributed by atoms with Crippen LogP contribution in [0, 0.1) is 11.8 Å². The molecule has 3 aliphatic rings. The number of aliphatic hydroxyl groups is 3.